The van der Waals surface area contributed by atoms with Crippen LogP contribution in [0.4, 0.5) is 5.69 Å². The van der Waals surface area contributed by atoms with Gasteiger partial charge in [0.25, 0.3) is 0 Å². The maximum atomic E-state index is 8.91. The molecule has 0 bridgehead atoms. The standard InChI is InChI=1S/C12H18N4OS/c13-12(18)11-9-10(1-2-14-11)16-5-3-15(4-6-16)7-8-17/h1-2,9,17H,3-8H2,(H2,13,18). The molecule has 1 saturated heterocycles. The van der Waals surface area contributed by atoms with Gasteiger partial charge in [0.2, 0.25) is 0 Å². The summed E-state index contributed by atoms with van der Waals surface area (Å²) >= 11 is 4.94. The van der Waals surface area contributed by atoms with Crippen molar-refractivity contribution in [2.45, 2.75) is 0 Å². The third kappa shape index (κ3) is 3.16. The molecule has 1 aliphatic rings. The van der Waals surface area contributed by atoms with E-state index in [2.05, 4.69) is 14.8 Å². The highest BCUT2D eigenvalue weighted by atomic mass is 32.1. The van der Waals surface area contributed by atoms with Gasteiger partial charge in [-0.25, -0.2) is 0 Å². The Bertz CT molecular complexity index is 418. The van der Waals surface area contributed by atoms with E-state index in [1.807, 2.05) is 12.1 Å². The molecule has 3 N–H and O–H groups in total. The predicted molar refractivity (Wildman–Crippen MR) is 75.9 cm³/mol. The molecule has 18 heavy (non-hydrogen) atoms. The van der Waals surface area contributed by atoms with Crippen LogP contribution in [0.3, 0.4) is 0 Å². The molecule has 2 heterocycles. The molecule has 0 saturated carbocycles. The predicted octanol–water partition coefficient (Wildman–Crippen LogP) is -0.170. The van der Waals surface area contributed by atoms with Crippen LogP contribution in [0.2, 0.25) is 0 Å². The molecular weight excluding hydrogens is 248 g/mol. The van der Waals surface area contributed by atoms with Gasteiger partial charge in [-0.3, -0.25) is 9.88 Å². The fourth-order valence-electron chi connectivity index (χ4n) is 2.12. The summed E-state index contributed by atoms with van der Waals surface area (Å²) in [5, 5.41) is 8.91. The molecular formula is C12H18N4OS. The summed E-state index contributed by atoms with van der Waals surface area (Å²) in [6.07, 6.45) is 1.74. The summed E-state index contributed by atoms with van der Waals surface area (Å²) in [4.78, 5) is 9.02. The lowest BCUT2D eigenvalue weighted by Crippen LogP contribution is -2.47. The van der Waals surface area contributed by atoms with Crippen molar-refractivity contribution in [1.29, 1.82) is 0 Å². The molecule has 0 spiro atoms. The highest BCUT2D eigenvalue weighted by Gasteiger charge is 2.17. The van der Waals surface area contributed by atoms with Crippen LogP contribution in [-0.4, -0.2) is 59.3 Å². The molecule has 1 aliphatic heterocycles. The van der Waals surface area contributed by atoms with Gasteiger partial charge in [-0.05, 0) is 12.1 Å². The smallest absolute Gasteiger partial charge is 0.122 e. The van der Waals surface area contributed by atoms with E-state index in [0.717, 1.165) is 38.4 Å². The largest absolute Gasteiger partial charge is 0.395 e. The molecule has 0 aliphatic carbocycles. The van der Waals surface area contributed by atoms with Crippen molar-refractivity contribution in [1.82, 2.24) is 9.88 Å². The van der Waals surface area contributed by atoms with Crippen LogP contribution >= 0.6 is 12.2 Å². The third-order valence-corrected chi connectivity index (χ3v) is 3.36. The monoisotopic (exact) mass is 266 g/mol. The molecule has 5 nitrogen and oxygen atoms in total. The number of aromatic nitrogens is 1. The number of piperazine rings is 1. The summed E-state index contributed by atoms with van der Waals surface area (Å²) in [6.45, 7) is 4.79. The molecule has 0 atom stereocenters. The van der Waals surface area contributed by atoms with Gasteiger partial charge in [0.1, 0.15) is 4.99 Å². The van der Waals surface area contributed by atoms with Gasteiger partial charge in [-0.1, -0.05) is 12.2 Å². The van der Waals surface area contributed by atoms with E-state index < -0.39 is 0 Å². The fourth-order valence-corrected chi connectivity index (χ4v) is 2.23. The van der Waals surface area contributed by atoms with Crippen LogP contribution in [-0.2, 0) is 0 Å². The van der Waals surface area contributed by atoms with Crippen molar-refractivity contribution in [3.05, 3.63) is 24.0 Å². The minimum Gasteiger partial charge on any atom is -0.395 e. The molecule has 0 radical (unpaired) electrons. The summed E-state index contributed by atoms with van der Waals surface area (Å²) in [5.41, 5.74) is 7.36. The summed E-state index contributed by atoms with van der Waals surface area (Å²) < 4.78 is 0. The average Bonchev–Trinajstić information content (AvgIpc) is 2.40. The molecule has 0 aromatic carbocycles. The van der Waals surface area contributed by atoms with Crippen LogP contribution in [0.25, 0.3) is 0 Å². The maximum absolute atomic E-state index is 8.91. The number of aliphatic hydroxyl groups excluding tert-OH is 1. The Hall–Kier alpha value is -1.24. The minimum absolute atomic E-state index is 0.223. The molecule has 1 aromatic rings. The van der Waals surface area contributed by atoms with Crippen LogP contribution in [0.5, 0.6) is 0 Å². The Morgan fingerprint density at radius 3 is 2.72 bits per heavy atom. The van der Waals surface area contributed by atoms with Crippen LogP contribution in [0, 0.1) is 0 Å². The van der Waals surface area contributed by atoms with Crippen LogP contribution < -0.4 is 10.6 Å². The second-order valence-corrected chi connectivity index (χ2v) is 4.76. The molecule has 6 heteroatoms. The summed E-state index contributed by atoms with van der Waals surface area (Å²) in [7, 11) is 0. The second kappa shape index (κ2) is 6.08. The van der Waals surface area contributed by atoms with Crippen molar-refractivity contribution < 1.29 is 5.11 Å². The van der Waals surface area contributed by atoms with Crippen molar-refractivity contribution in [2.24, 2.45) is 5.73 Å². The lowest BCUT2D eigenvalue weighted by molar-refractivity contribution is 0.189. The fraction of sp³-hybridized carbons (Fsp3) is 0.500. The van der Waals surface area contributed by atoms with E-state index in [-0.39, 0.29) is 6.61 Å². The van der Waals surface area contributed by atoms with Crippen molar-refractivity contribution in [3.8, 4) is 0 Å². The van der Waals surface area contributed by atoms with Gasteiger partial charge in [0.05, 0.1) is 12.3 Å². The van der Waals surface area contributed by atoms with Crippen LogP contribution in [0.1, 0.15) is 5.69 Å². The number of nitrogens with two attached hydrogens (primary N) is 1. The van der Waals surface area contributed by atoms with Crippen molar-refractivity contribution >= 4 is 22.9 Å². The first-order chi connectivity index (χ1) is 8.70. The second-order valence-electron chi connectivity index (χ2n) is 4.32. The van der Waals surface area contributed by atoms with Gasteiger partial charge in [-0.15, -0.1) is 0 Å². The molecule has 1 fully saturated rings. The highest BCUT2D eigenvalue weighted by molar-refractivity contribution is 7.80. The highest BCUT2D eigenvalue weighted by Crippen LogP contribution is 2.16. The molecule has 1 aromatic heterocycles. The number of hydrogen-bond donors (Lipinski definition) is 2. The maximum Gasteiger partial charge on any atom is 0.122 e. The Kier molecular flexibility index (Phi) is 4.46. The number of β-amino-alcohol motifs (C(OH)–C–C–N with tert-alkyl or cyclic N) is 1. The first-order valence-corrected chi connectivity index (χ1v) is 6.45. The van der Waals surface area contributed by atoms with E-state index >= 15 is 0 Å². The van der Waals surface area contributed by atoms with E-state index in [4.69, 9.17) is 23.1 Å². The van der Waals surface area contributed by atoms with E-state index in [0.29, 0.717) is 10.7 Å². The zero-order valence-corrected chi connectivity index (χ0v) is 11.1. The van der Waals surface area contributed by atoms with Gasteiger partial charge >= 0.3 is 0 Å². The Balaban J connectivity index is 2.01. The Morgan fingerprint density at radius 2 is 2.11 bits per heavy atom. The SMILES string of the molecule is NC(=S)c1cc(N2CCN(CCO)CC2)ccn1. The quantitative estimate of drug-likeness (QED) is 0.738. The summed E-state index contributed by atoms with van der Waals surface area (Å²) in [6, 6.07) is 3.91. The van der Waals surface area contributed by atoms with Crippen molar-refractivity contribution in [3.63, 3.8) is 0 Å². The third-order valence-electron chi connectivity index (χ3n) is 3.15. The lowest BCUT2D eigenvalue weighted by atomic mass is 10.2. The van der Waals surface area contributed by atoms with Gasteiger partial charge in [0, 0.05) is 44.6 Å². The van der Waals surface area contributed by atoms with Crippen LogP contribution in [0.15, 0.2) is 18.3 Å². The summed E-state index contributed by atoms with van der Waals surface area (Å²) in [5.74, 6) is 0. The molecule has 0 unspecified atom stereocenters. The van der Waals surface area contributed by atoms with E-state index in [1.165, 1.54) is 0 Å². The number of rotatable bonds is 4. The number of anilines is 1. The average molecular weight is 266 g/mol. The minimum atomic E-state index is 0.223. The molecule has 0 amide bonds. The van der Waals surface area contributed by atoms with Gasteiger partial charge in [0.15, 0.2) is 0 Å². The lowest BCUT2D eigenvalue weighted by Gasteiger charge is -2.35. The zero-order valence-electron chi connectivity index (χ0n) is 10.2. The normalized spacial score (nSPS) is 16.8. The number of hydrogen-bond acceptors (Lipinski definition) is 5. The van der Waals surface area contributed by atoms with Gasteiger partial charge < -0.3 is 15.7 Å². The van der Waals surface area contributed by atoms with E-state index in [1.54, 1.807) is 6.20 Å². The number of pyridine rings is 1. The molecule has 2 rings (SSSR count). The van der Waals surface area contributed by atoms with E-state index in [9.17, 15) is 0 Å². The molecule has 98 valence electrons. The first kappa shape index (κ1) is 13.2. The Morgan fingerprint density at radius 1 is 1.39 bits per heavy atom. The van der Waals surface area contributed by atoms with Crippen molar-refractivity contribution in [2.75, 3.05) is 44.2 Å². The Labute approximate surface area is 112 Å². The first-order valence-electron chi connectivity index (χ1n) is 6.04. The number of aliphatic hydroxyl groups is 1. The number of thiocarbonyl (C=S) groups is 1. The topological polar surface area (TPSA) is 65.6 Å². The van der Waals surface area contributed by atoms with Gasteiger partial charge in [-0.2, -0.15) is 0 Å². The zero-order chi connectivity index (χ0) is 13.0. The number of nitrogens with zero attached hydrogens (tertiary/aromatic N) is 3.